The van der Waals surface area contributed by atoms with E-state index in [-0.39, 0.29) is 5.91 Å². The van der Waals surface area contributed by atoms with Gasteiger partial charge in [-0.05, 0) is 31.5 Å². The fourth-order valence-electron chi connectivity index (χ4n) is 4.33. The molecule has 1 fully saturated rings. The summed E-state index contributed by atoms with van der Waals surface area (Å²) in [7, 11) is 1.66. The van der Waals surface area contributed by atoms with Gasteiger partial charge in [0.1, 0.15) is 5.75 Å². The molecule has 1 aliphatic rings. The van der Waals surface area contributed by atoms with Crippen LogP contribution in [0.25, 0.3) is 16.8 Å². The Morgan fingerprint density at radius 1 is 0.943 bits per heavy atom. The predicted molar refractivity (Wildman–Crippen MR) is 133 cm³/mol. The summed E-state index contributed by atoms with van der Waals surface area (Å²) in [5.74, 6) is 1.43. The molecule has 9 heteroatoms. The van der Waals surface area contributed by atoms with E-state index in [2.05, 4.69) is 25.1 Å². The number of aromatic nitrogens is 5. The molecule has 1 aliphatic heterocycles. The van der Waals surface area contributed by atoms with Crippen molar-refractivity contribution in [3.63, 3.8) is 0 Å². The molecule has 2 aromatic carbocycles. The Labute approximate surface area is 204 Å². The van der Waals surface area contributed by atoms with Gasteiger partial charge in [0, 0.05) is 49.7 Å². The summed E-state index contributed by atoms with van der Waals surface area (Å²) in [6.45, 7) is 4.65. The van der Waals surface area contributed by atoms with Crippen molar-refractivity contribution in [3.8, 4) is 22.6 Å². The molecule has 0 radical (unpaired) electrons. The maximum atomic E-state index is 13.5. The molecule has 9 nitrogen and oxygen atoms in total. The predicted octanol–water partition coefficient (Wildman–Crippen LogP) is 3.39. The minimum Gasteiger partial charge on any atom is -0.496 e. The third kappa shape index (κ3) is 4.70. The first kappa shape index (κ1) is 22.5. The number of anilines is 1. The highest BCUT2D eigenvalue weighted by molar-refractivity contribution is 5.98. The smallest absolute Gasteiger partial charge is 0.256 e. The Balaban J connectivity index is 1.31. The first-order valence-electron chi connectivity index (χ1n) is 11.6. The highest BCUT2D eigenvalue weighted by Crippen LogP contribution is 2.29. The number of nitrogens with zero attached hydrogens (tertiary/aromatic N) is 7. The summed E-state index contributed by atoms with van der Waals surface area (Å²) in [5, 5.41) is 8.43. The minimum atomic E-state index is -0.0183. The lowest BCUT2D eigenvalue weighted by atomic mass is 10.1. The molecule has 4 aromatic rings. The zero-order valence-corrected chi connectivity index (χ0v) is 19.8. The number of aryl methyl sites for hydroxylation is 1. The van der Waals surface area contributed by atoms with E-state index in [0.717, 1.165) is 35.4 Å². The lowest BCUT2D eigenvalue weighted by molar-refractivity contribution is 0.0766. The van der Waals surface area contributed by atoms with Crippen LogP contribution in [0.1, 0.15) is 22.3 Å². The highest BCUT2D eigenvalue weighted by atomic mass is 16.5. The molecular formula is C26H27N7O2. The van der Waals surface area contributed by atoms with Gasteiger partial charge in [0.05, 0.1) is 30.8 Å². The van der Waals surface area contributed by atoms with Crippen molar-refractivity contribution in [1.29, 1.82) is 0 Å². The molecule has 3 heterocycles. The average Bonchev–Trinajstić information content (AvgIpc) is 3.32. The molecule has 0 saturated carbocycles. The highest BCUT2D eigenvalue weighted by Gasteiger charge is 2.24. The molecule has 0 atom stereocenters. The summed E-state index contributed by atoms with van der Waals surface area (Å²) < 4.78 is 5.46. The van der Waals surface area contributed by atoms with Crippen molar-refractivity contribution in [2.75, 3.05) is 38.2 Å². The largest absolute Gasteiger partial charge is 0.496 e. The fraction of sp³-hybridized carbons (Fsp3) is 0.269. The van der Waals surface area contributed by atoms with Crippen LogP contribution in [-0.4, -0.2) is 69.1 Å². The molecule has 0 bridgehead atoms. The third-order valence-corrected chi connectivity index (χ3v) is 6.14. The molecule has 178 valence electrons. The van der Waals surface area contributed by atoms with Crippen molar-refractivity contribution in [2.45, 2.75) is 13.3 Å². The van der Waals surface area contributed by atoms with Crippen molar-refractivity contribution in [3.05, 3.63) is 78.4 Å². The number of benzene rings is 2. The van der Waals surface area contributed by atoms with E-state index in [4.69, 9.17) is 4.74 Å². The maximum absolute atomic E-state index is 13.5. The van der Waals surface area contributed by atoms with Gasteiger partial charge in [-0.2, -0.15) is 15.0 Å². The first-order chi connectivity index (χ1) is 17.1. The second-order valence-corrected chi connectivity index (χ2v) is 8.44. The maximum Gasteiger partial charge on any atom is 0.256 e. The molecule has 0 spiro atoms. The zero-order valence-electron chi connectivity index (χ0n) is 19.8. The van der Waals surface area contributed by atoms with Gasteiger partial charge < -0.3 is 14.5 Å². The second-order valence-electron chi connectivity index (χ2n) is 8.44. The lowest BCUT2D eigenvalue weighted by Gasteiger charge is -2.23. The summed E-state index contributed by atoms with van der Waals surface area (Å²) >= 11 is 0. The lowest BCUT2D eigenvalue weighted by Crippen LogP contribution is -2.36. The fourth-order valence-corrected chi connectivity index (χ4v) is 4.33. The second kappa shape index (κ2) is 9.92. The van der Waals surface area contributed by atoms with E-state index in [1.54, 1.807) is 19.5 Å². The molecule has 0 N–H and O–H groups in total. The topological polar surface area (TPSA) is 89.3 Å². The molecule has 0 unspecified atom stereocenters. The van der Waals surface area contributed by atoms with Crippen LogP contribution in [0.15, 0.2) is 67.3 Å². The van der Waals surface area contributed by atoms with Crippen LogP contribution in [0.4, 0.5) is 5.95 Å². The van der Waals surface area contributed by atoms with Crippen molar-refractivity contribution in [2.24, 2.45) is 0 Å². The summed E-state index contributed by atoms with van der Waals surface area (Å²) in [4.78, 5) is 28.3. The molecule has 1 saturated heterocycles. The number of methoxy groups -OCH3 is 1. The molecule has 1 amide bonds. The van der Waals surface area contributed by atoms with E-state index in [1.165, 1.54) is 4.80 Å². The zero-order chi connectivity index (χ0) is 24.2. The van der Waals surface area contributed by atoms with Crippen LogP contribution in [0.5, 0.6) is 5.75 Å². The molecule has 5 rings (SSSR count). The van der Waals surface area contributed by atoms with Gasteiger partial charge in [0.2, 0.25) is 5.95 Å². The Hall–Kier alpha value is -4.27. The van der Waals surface area contributed by atoms with Crippen molar-refractivity contribution < 1.29 is 9.53 Å². The quantitative estimate of drug-likeness (QED) is 0.443. The monoisotopic (exact) mass is 469 g/mol. The molecule has 35 heavy (non-hydrogen) atoms. The number of hydrogen-bond donors (Lipinski definition) is 0. The van der Waals surface area contributed by atoms with Crippen LogP contribution >= 0.6 is 0 Å². The van der Waals surface area contributed by atoms with Crippen LogP contribution in [0.3, 0.4) is 0 Å². The van der Waals surface area contributed by atoms with E-state index in [1.807, 2.05) is 66.7 Å². The van der Waals surface area contributed by atoms with Crippen LogP contribution < -0.4 is 9.64 Å². The molecule has 2 aromatic heterocycles. The molecule has 0 aliphatic carbocycles. The number of amides is 1. The standard InChI is InChI=1S/C26H27N7O2/c1-19-8-9-23(33-29-10-11-30-33)22(16-19)25(34)31-12-5-13-32(15-14-31)26-27-17-20(18-28-26)21-6-3-4-7-24(21)35-2/h3-4,6-11,16-18H,5,12-15H2,1-2H3. The molecular weight excluding hydrogens is 442 g/mol. The number of para-hydroxylation sites is 1. The Morgan fingerprint density at radius 2 is 1.71 bits per heavy atom. The number of ether oxygens (including phenoxy) is 1. The Kier molecular flexibility index (Phi) is 6.38. The number of hydrogen-bond acceptors (Lipinski definition) is 7. The minimum absolute atomic E-state index is 0.0183. The van der Waals surface area contributed by atoms with E-state index in [0.29, 0.717) is 36.8 Å². The van der Waals surface area contributed by atoms with Gasteiger partial charge in [-0.1, -0.05) is 29.8 Å². The summed E-state index contributed by atoms with van der Waals surface area (Å²) in [5.41, 5.74) is 4.16. The third-order valence-electron chi connectivity index (χ3n) is 6.14. The SMILES string of the molecule is COc1ccccc1-c1cnc(N2CCCN(C(=O)c3cc(C)ccc3-n3nccn3)CC2)nc1. The summed E-state index contributed by atoms with van der Waals surface area (Å²) in [6, 6.07) is 13.6. The Bertz CT molecular complexity index is 1310. The van der Waals surface area contributed by atoms with Crippen molar-refractivity contribution >= 4 is 11.9 Å². The Morgan fingerprint density at radius 3 is 2.49 bits per heavy atom. The van der Waals surface area contributed by atoms with Gasteiger partial charge in [0.15, 0.2) is 0 Å². The van der Waals surface area contributed by atoms with Gasteiger partial charge in [0.25, 0.3) is 5.91 Å². The van der Waals surface area contributed by atoms with Crippen LogP contribution in [0, 0.1) is 6.92 Å². The van der Waals surface area contributed by atoms with Gasteiger partial charge in [-0.15, -0.1) is 0 Å². The van der Waals surface area contributed by atoms with Gasteiger partial charge in [-0.3, -0.25) is 4.79 Å². The van der Waals surface area contributed by atoms with Crippen LogP contribution in [-0.2, 0) is 0 Å². The normalized spacial score (nSPS) is 14.0. The summed E-state index contributed by atoms with van der Waals surface area (Å²) in [6.07, 6.45) is 7.69. The van der Waals surface area contributed by atoms with Gasteiger partial charge >= 0.3 is 0 Å². The van der Waals surface area contributed by atoms with Crippen LogP contribution in [0.2, 0.25) is 0 Å². The number of rotatable bonds is 5. The number of carbonyl (C=O) groups excluding carboxylic acids is 1. The van der Waals surface area contributed by atoms with Crippen molar-refractivity contribution in [1.82, 2.24) is 29.9 Å². The van der Waals surface area contributed by atoms with E-state index in [9.17, 15) is 4.79 Å². The van der Waals surface area contributed by atoms with Gasteiger partial charge in [-0.25, -0.2) is 9.97 Å². The number of carbonyl (C=O) groups is 1. The van der Waals surface area contributed by atoms with E-state index >= 15 is 0 Å². The van der Waals surface area contributed by atoms with E-state index < -0.39 is 0 Å². The average molecular weight is 470 g/mol. The first-order valence-corrected chi connectivity index (χ1v) is 11.6.